The van der Waals surface area contributed by atoms with E-state index in [1.54, 1.807) is 21.3 Å². The molecule has 1 aliphatic heterocycles. The first-order valence-corrected chi connectivity index (χ1v) is 7.26. The van der Waals surface area contributed by atoms with Crippen molar-refractivity contribution in [2.45, 2.75) is 18.9 Å². The first kappa shape index (κ1) is 15.3. The van der Waals surface area contributed by atoms with Gasteiger partial charge in [0, 0.05) is 30.0 Å². The summed E-state index contributed by atoms with van der Waals surface area (Å²) in [4.78, 5) is 0. The minimum atomic E-state index is -0.0593. The van der Waals surface area contributed by atoms with Crippen LogP contribution in [0.3, 0.4) is 0 Å². The summed E-state index contributed by atoms with van der Waals surface area (Å²) in [6.07, 6.45) is 2.05. The van der Waals surface area contributed by atoms with Crippen molar-refractivity contribution in [2.75, 3.05) is 33.8 Å². The molecule has 0 aromatic heterocycles. The third kappa shape index (κ3) is 2.96. The molecule has 1 aliphatic rings. The Bertz CT molecular complexity index is 450. The topological polar surface area (TPSA) is 36.9 Å². The molecule has 0 bridgehead atoms. The van der Waals surface area contributed by atoms with E-state index in [1.807, 2.05) is 12.1 Å². The number of hydrogen-bond donors (Lipinski definition) is 0. The number of alkyl halides is 1. The van der Waals surface area contributed by atoms with Crippen LogP contribution in [0.1, 0.15) is 24.5 Å². The molecule has 0 spiro atoms. The van der Waals surface area contributed by atoms with E-state index in [4.69, 9.17) is 30.5 Å². The van der Waals surface area contributed by atoms with Gasteiger partial charge in [-0.25, -0.2) is 0 Å². The van der Waals surface area contributed by atoms with Gasteiger partial charge in [-0.15, -0.1) is 11.6 Å². The average molecular weight is 301 g/mol. The second kappa shape index (κ2) is 7.04. The van der Waals surface area contributed by atoms with Gasteiger partial charge in [0.1, 0.15) is 5.75 Å². The zero-order chi connectivity index (χ0) is 14.5. The van der Waals surface area contributed by atoms with Gasteiger partial charge in [-0.1, -0.05) is 0 Å². The molecule has 1 aromatic rings. The largest absolute Gasteiger partial charge is 0.496 e. The lowest BCUT2D eigenvalue weighted by Crippen LogP contribution is -2.24. The smallest absolute Gasteiger partial charge is 0.164 e. The molecule has 0 N–H and O–H groups in total. The minimum absolute atomic E-state index is 0.0593. The van der Waals surface area contributed by atoms with E-state index < -0.39 is 0 Å². The van der Waals surface area contributed by atoms with Crippen LogP contribution in [0.15, 0.2) is 12.1 Å². The molecule has 20 heavy (non-hydrogen) atoms. The number of halogens is 1. The Hall–Kier alpha value is -1.13. The number of hydrogen-bond acceptors (Lipinski definition) is 4. The molecule has 0 aliphatic carbocycles. The molecule has 5 heteroatoms. The van der Waals surface area contributed by atoms with Crippen molar-refractivity contribution in [1.82, 2.24) is 0 Å². The molecule has 0 amide bonds. The van der Waals surface area contributed by atoms with Gasteiger partial charge >= 0.3 is 0 Å². The van der Waals surface area contributed by atoms with Crippen molar-refractivity contribution in [2.24, 2.45) is 5.92 Å². The Kier molecular flexibility index (Phi) is 5.38. The first-order chi connectivity index (χ1) is 9.74. The molecule has 0 saturated carbocycles. The highest BCUT2D eigenvalue weighted by Crippen LogP contribution is 2.43. The van der Waals surface area contributed by atoms with Crippen molar-refractivity contribution in [3.63, 3.8) is 0 Å². The molecule has 2 atom stereocenters. The van der Waals surface area contributed by atoms with Gasteiger partial charge in [0.2, 0.25) is 0 Å². The summed E-state index contributed by atoms with van der Waals surface area (Å²) in [5.74, 6) is 2.92. The van der Waals surface area contributed by atoms with Crippen LogP contribution in [0.5, 0.6) is 17.2 Å². The van der Waals surface area contributed by atoms with Crippen LogP contribution in [-0.2, 0) is 4.74 Å². The third-order valence-electron chi connectivity index (χ3n) is 3.69. The number of ether oxygens (including phenoxy) is 4. The summed E-state index contributed by atoms with van der Waals surface area (Å²) in [5.41, 5.74) is 0.968. The van der Waals surface area contributed by atoms with E-state index >= 15 is 0 Å². The second-order valence-electron chi connectivity index (χ2n) is 4.80. The zero-order valence-corrected chi connectivity index (χ0v) is 12.9. The van der Waals surface area contributed by atoms with E-state index in [1.165, 1.54) is 0 Å². The molecule has 1 aromatic carbocycles. The Morgan fingerprint density at radius 2 is 1.75 bits per heavy atom. The number of benzene rings is 1. The second-order valence-corrected chi connectivity index (χ2v) is 5.11. The van der Waals surface area contributed by atoms with Crippen LogP contribution in [0.25, 0.3) is 0 Å². The van der Waals surface area contributed by atoms with Crippen LogP contribution < -0.4 is 14.2 Å². The van der Waals surface area contributed by atoms with Crippen molar-refractivity contribution < 1.29 is 18.9 Å². The van der Waals surface area contributed by atoms with Crippen LogP contribution >= 0.6 is 11.6 Å². The van der Waals surface area contributed by atoms with Gasteiger partial charge in [0.05, 0.1) is 27.4 Å². The van der Waals surface area contributed by atoms with Crippen molar-refractivity contribution in [3.8, 4) is 17.2 Å². The number of rotatable bonds is 5. The normalized spacial score (nSPS) is 22.4. The van der Waals surface area contributed by atoms with Crippen molar-refractivity contribution in [1.29, 1.82) is 0 Å². The van der Waals surface area contributed by atoms with E-state index in [0.717, 1.165) is 30.8 Å². The highest BCUT2D eigenvalue weighted by molar-refractivity contribution is 6.18. The Balaban J connectivity index is 2.42. The van der Waals surface area contributed by atoms with Gasteiger partial charge in [0.15, 0.2) is 11.5 Å². The lowest BCUT2D eigenvalue weighted by molar-refractivity contribution is -0.0221. The van der Waals surface area contributed by atoms with E-state index in [-0.39, 0.29) is 12.0 Å². The summed E-state index contributed by atoms with van der Waals surface area (Å²) in [6.45, 7) is 0.746. The molecule has 4 nitrogen and oxygen atoms in total. The summed E-state index contributed by atoms with van der Waals surface area (Å²) in [5, 5.41) is 0. The van der Waals surface area contributed by atoms with E-state index in [2.05, 4.69) is 0 Å². The standard InChI is InChI=1S/C15H21ClO4/c1-17-12-8-14(19-3)13(18-2)7-11(12)15-10(9-16)5-4-6-20-15/h7-8,10,15H,4-6,9H2,1-3H3. The average Bonchev–Trinajstić information content (AvgIpc) is 2.53. The zero-order valence-electron chi connectivity index (χ0n) is 12.1. The summed E-state index contributed by atoms with van der Waals surface area (Å²) in [7, 11) is 4.87. The van der Waals surface area contributed by atoms with Gasteiger partial charge in [-0.2, -0.15) is 0 Å². The quantitative estimate of drug-likeness (QED) is 0.781. The molecule has 2 rings (SSSR count). The molecule has 2 unspecified atom stereocenters. The summed E-state index contributed by atoms with van der Waals surface area (Å²) < 4.78 is 22.1. The highest BCUT2D eigenvalue weighted by atomic mass is 35.5. The van der Waals surface area contributed by atoms with Crippen molar-refractivity contribution >= 4 is 11.6 Å². The molecule has 0 radical (unpaired) electrons. The van der Waals surface area contributed by atoms with E-state index in [9.17, 15) is 0 Å². The summed E-state index contributed by atoms with van der Waals surface area (Å²) >= 11 is 6.08. The van der Waals surface area contributed by atoms with Crippen LogP contribution in [0, 0.1) is 5.92 Å². The Morgan fingerprint density at radius 1 is 1.10 bits per heavy atom. The van der Waals surface area contributed by atoms with Gasteiger partial charge in [-0.05, 0) is 18.9 Å². The van der Waals surface area contributed by atoms with Gasteiger partial charge in [0.25, 0.3) is 0 Å². The Labute approximate surface area is 124 Å². The molecular weight excluding hydrogens is 280 g/mol. The maximum absolute atomic E-state index is 6.08. The molecule has 1 heterocycles. The molecular formula is C15H21ClO4. The lowest BCUT2D eigenvalue weighted by atomic mass is 9.90. The van der Waals surface area contributed by atoms with Crippen molar-refractivity contribution in [3.05, 3.63) is 17.7 Å². The molecule has 1 saturated heterocycles. The van der Waals surface area contributed by atoms with Gasteiger partial charge < -0.3 is 18.9 Å². The predicted molar refractivity (Wildman–Crippen MR) is 78.2 cm³/mol. The van der Waals surface area contributed by atoms with Crippen LogP contribution in [0.2, 0.25) is 0 Å². The van der Waals surface area contributed by atoms with Crippen LogP contribution in [0.4, 0.5) is 0 Å². The summed E-state index contributed by atoms with van der Waals surface area (Å²) in [6, 6.07) is 3.75. The fourth-order valence-corrected chi connectivity index (χ4v) is 2.94. The SMILES string of the molecule is COc1cc(OC)c(C2OCCCC2CCl)cc1OC. The van der Waals surface area contributed by atoms with Crippen LogP contribution in [-0.4, -0.2) is 33.8 Å². The maximum Gasteiger partial charge on any atom is 0.164 e. The fraction of sp³-hybridized carbons (Fsp3) is 0.600. The first-order valence-electron chi connectivity index (χ1n) is 6.72. The third-order valence-corrected chi connectivity index (χ3v) is 4.08. The Morgan fingerprint density at radius 3 is 2.35 bits per heavy atom. The predicted octanol–water partition coefficient (Wildman–Crippen LogP) is 3.42. The lowest BCUT2D eigenvalue weighted by Gasteiger charge is -2.32. The fourth-order valence-electron chi connectivity index (χ4n) is 2.62. The van der Waals surface area contributed by atoms with E-state index in [0.29, 0.717) is 17.4 Å². The highest BCUT2D eigenvalue weighted by Gasteiger charge is 2.30. The molecule has 1 fully saturated rings. The number of methoxy groups -OCH3 is 3. The maximum atomic E-state index is 6.08. The monoisotopic (exact) mass is 300 g/mol. The van der Waals surface area contributed by atoms with Gasteiger partial charge in [-0.3, -0.25) is 0 Å². The molecule has 112 valence electrons. The minimum Gasteiger partial charge on any atom is -0.496 e.